The van der Waals surface area contributed by atoms with Crippen molar-refractivity contribution < 1.29 is 22.7 Å². The molecule has 0 radical (unpaired) electrons. The van der Waals surface area contributed by atoms with Crippen molar-refractivity contribution in [3.8, 4) is 17.6 Å². The minimum atomic E-state index is -2.74. The third kappa shape index (κ3) is 4.51. The Hall–Kier alpha value is -3.06. The standard InChI is InChI=1S/C19H14BrF3N4O2/c1-9-19(28)27-26-15(25-9)7-10-2-4-13(20)17(16(10)21)29-14-5-3-11(18(22)23)6-12(14)8-24/h2-6,9,18H,7H2,1H3,(H,25,26)(H,27,28)/t9-/m1/s1. The van der Waals surface area contributed by atoms with Gasteiger partial charge in [-0.25, -0.2) is 13.2 Å². The number of ether oxygens (including phenoxy) is 1. The Bertz CT molecular complexity index is 1040. The number of amidine groups is 1. The lowest BCUT2D eigenvalue weighted by Crippen LogP contribution is -2.50. The van der Waals surface area contributed by atoms with E-state index in [-0.39, 0.29) is 45.0 Å². The van der Waals surface area contributed by atoms with Crippen LogP contribution in [0.15, 0.2) is 39.8 Å². The lowest BCUT2D eigenvalue weighted by molar-refractivity contribution is -0.122. The minimum absolute atomic E-state index is 0.0511. The normalized spacial score (nSPS) is 16.0. The number of amides is 1. The van der Waals surface area contributed by atoms with Crippen molar-refractivity contribution in [1.29, 1.82) is 5.26 Å². The summed E-state index contributed by atoms with van der Waals surface area (Å²) < 4.78 is 46.6. The molecular weight excluding hydrogens is 453 g/mol. The van der Waals surface area contributed by atoms with Crippen LogP contribution in [0.5, 0.6) is 11.5 Å². The van der Waals surface area contributed by atoms with E-state index in [2.05, 4.69) is 31.8 Å². The van der Waals surface area contributed by atoms with E-state index in [0.29, 0.717) is 5.84 Å². The summed E-state index contributed by atoms with van der Waals surface area (Å²) in [7, 11) is 0. The van der Waals surface area contributed by atoms with Gasteiger partial charge in [0.25, 0.3) is 12.3 Å². The molecule has 10 heteroatoms. The first-order valence-electron chi connectivity index (χ1n) is 8.39. The van der Waals surface area contributed by atoms with Gasteiger partial charge >= 0.3 is 0 Å². The first-order chi connectivity index (χ1) is 13.8. The highest BCUT2D eigenvalue weighted by Crippen LogP contribution is 2.36. The Morgan fingerprint density at radius 1 is 1.31 bits per heavy atom. The van der Waals surface area contributed by atoms with E-state index in [9.17, 15) is 18.8 Å². The van der Waals surface area contributed by atoms with Gasteiger partial charge in [0.2, 0.25) is 0 Å². The van der Waals surface area contributed by atoms with Crippen molar-refractivity contribution in [2.75, 3.05) is 0 Å². The number of carbonyl (C=O) groups excluding carboxylic acids is 1. The van der Waals surface area contributed by atoms with Crippen LogP contribution < -0.4 is 15.6 Å². The Morgan fingerprint density at radius 3 is 2.72 bits per heavy atom. The second kappa shape index (κ2) is 8.53. The van der Waals surface area contributed by atoms with Crippen LogP contribution in [0.25, 0.3) is 0 Å². The maximum absolute atomic E-state index is 15.1. The van der Waals surface area contributed by atoms with E-state index in [4.69, 9.17) is 4.74 Å². The fourth-order valence-corrected chi connectivity index (χ4v) is 2.99. The average Bonchev–Trinajstić information content (AvgIpc) is 2.70. The number of nitrogens with zero attached hydrogens (tertiary/aromatic N) is 2. The largest absolute Gasteiger partial charge is 0.452 e. The van der Waals surface area contributed by atoms with Crippen molar-refractivity contribution >= 4 is 27.7 Å². The van der Waals surface area contributed by atoms with E-state index in [0.717, 1.165) is 12.1 Å². The fourth-order valence-electron chi connectivity index (χ4n) is 2.61. The number of carbonyl (C=O) groups is 1. The number of nitrogens with one attached hydrogen (secondary N) is 2. The van der Waals surface area contributed by atoms with Crippen molar-refractivity contribution in [3.63, 3.8) is 0 Å². The molecule has 0 aliphatic carbocycles. The van der Waals surface area contributed by atoms with Crippen molar-refractivity contribution in [2.45, 2.75) is 25.8 Å². The molecule has 0 unspecified atom stereocenters. The highest BCUT2D eigenvalue weighted by molar-refractivity contribution is 9.10. The third-order valence-corrected chi connectivity index (χ3v) is 4.76. The van der Waals surface area contributed by atoms with Crippen LogP contribution in [0, 0.1) is 17.1 Å². The number of hydrogen-bond acceptors (Lipinski definition) is 5. The highest BCUT2D eigenvalue weighted by atomic mass is 79.9. The quantitative estimate of drug-likeness (QED) is 0.692. The Balaban J connectivity index is 1.91. The van der Waals surface area contributed by atoms with Gasteiger partial charge in [-0.3, -0.25) is 20.6 Å². The van der Waals surface area contributed by atoms with Gasteiger partial charge in [0.15, 0.2) is 11.6 Å². The summed E-state index contributed by atoms with van der Waals surface area (Å²) in [4.78, 5) is 15.6. The molecule has 1 atom stereocenters. The van der Waals surface area contributed by atoms with E-state index in [1.165, 1.54) is 12.1 Å². The first-order valence-corrected chi connectivity index (χ1v) is 9.19. The van der Waals surface area contributed by atoms with Crippen LogP contribution in [0.1, 0.15) is 30.0 Å². The summed E-state index contributed by atoms with van der Waals surface area (Å²) in [6.07, 6.45) is -2.69. The average molecular weight is 467 g/mol. The number of aliphatic imine (C=N–C) groups is 1. The number of rotatable bonds is 5. The number of hydrazine groups is 1. The highest BCUT2D eigenvalue weighted by Gasteiger charge is 2.22. The maximum Gasteiger partial charge on any atom is 0.263 e. The number of hydrogen-bond donors (Lipinski definition) is 2. The molecule has 0 spiro atoms. The lowest BCUT2D eigenvalue weighted by atomic mass is 10.1. The molecule has 2 N–H and O–H groups in total. The smallest absolute Gasteiger partial charge is 0.263 e. The molecule has 0 aromatic heterocycles. The molecule has 6 nitrogen and oxygen atoms in total. The van der Waals surface area contributed by atoms with Gasteiger partial charge in [-0.15, -0.1) is 0 Å². The maximum atomic E-state index is 15.1. The summed E-state index contributed by atoms with van der Waals surface area (Å²) in [6.45, 7) is 1.61. The SMILES string of the molecule is C[C@H]1N=C(Cc2ccc(Br)c(Oc3ccc(C(F)F)cc3C#N)c2F)NNC1=O. The fraction of sp³-hybridized carbons (Fsp3) is 0.211. The third-order valence-electron chi connectivity index (χ3n) is 4.13. The molecule has 1 heterocycles. The van der Waals surface area contributed by atoms with Crippen molar-refractivity contribution in [3.05, 3.63) is 57.3 Å². The number of benzene rings is 2. The second-order valence-corrected chi connectivity index (χ2v) is 7.02. The van der Waals surface area contributed by atoms with Crippen molar-refractivity contribution in [1.82, 2.24) is 10.9 Å². The molecule has 0 bridgehead atoms. The zero-order chi connectivity index (χ0) is 21.1. The summed E-state index contributed by atoms with van der Waals surface area (Å²) >= 11 is 3.19. The molecule has 0 saturated carbocycles. The Morgan fingerprint density at radius 2 is 2.07 bits per heavy atom. The molecule has 1 amide bonds. The summed E-state index contributed by atoms with van der Waals surface area (Å²) in [5.41, 5.74) is 4.79. The first kappa shape index (κ1) is 20.7. The number of halogens is 4. The summed E-state index contributed by atoms with van der Waals surface area (Å²) in [6, 6.07) is 7.55. The van der Waals surface area contributed by atoms with Gasteiger partial charge in [-0.1, -0.05) is 6.07 Å². The molecule has 29 heavy (non-hydrogen) atoms. The monoisotopic (exact) mass is 466 g/mol. The summed E-state index contributed by atoms with van der Waals surface area (Å²) in [5.74, 6) is -0.899. The van der Waals surface area contributed by atoms with Crippen LogP contribution in [0.4, 0.5) is 13.2 Å². The van der Waals surface area contributed by atoms with Crippen LogP contribution in [-0.2, 0) is 11.2 Å². The van der Waals surface area contributed by atoms with Gasteiger partial charge in [0.05, 0.1) is 10.0 Å². The van der Waals surface area contributed by atoms with Crippen LogP contribution in [-0.4, -0.2) is 17.8 Å². The number of nitriles is 1. The summed E-state index contributed by atoms with van der Waals surface area (Å²) in [5, 5.41) is 9.22. The molecule has 1 aliphatic heterocycles. The Labute approximate surface area is 172 Å². The lowest BCUT2D eigenvalue weighted by Gasteiger charge is -2.20. The van der Waals surface area contributed by atoms with E-state index < -0.39 is 18.3 Å². The van der Waals surface area contributed by atoms with E-state index in [1.807, 2.05) is 0 Å². The van der Waals surface area contributed by atoms with E-state index >= 15 is 4.39 Å². The molecule has 2 aromatic carbocycles. The van der Waals surface area contributed by atoms with E-state index in [1.54, 1.807) is 19.1 Å². The minimum Gasteiger partial charge on any atom is -0.452 e. The predicted molar refractivity (Wildman–Crippen MR) is 102 cm³/mol. The van der Waals surface area contributed by atoms with Gasteiger partial charge in [-0.2, -0.15) is 5.26 Å². The van der Waals surface area contributed by atoms with Gasteiger partial charge in [0, 0.05) is 12.0 Å². The zero-order valence-electron chi connectivity index (χ0n) is 15.0. The van der Waals surface area contributed by atoms with Gasteiger partial charge in [-0.05, 0) is 52.7 Å². The molecular formula is C19H14BrF3N4O2. The molecule has 1 aliphatic rings. The second-order valence-electron chi connectivity index (χ2n) is 6.16. The predicted octanol–water partition coefficient (Wildman–Crippen LogP) is 4.15. The molecule has 3 rings (SSSR count). The Kier molecular flexibility index (Phi) is 6.08. The topological polar surface area (TPSA) is 86.5 Å². The molecule has 0 fully saturated rings. The van der Waals surface area contributed by atoms with Crippen LogP contribution in [0.3, 0.4) is 0 Å². The molecule has 0 saturated heterocycles. The van der Waals surface area contributed by atoms with Gasteiger partial charge in [0.1, 0.15) is 23.7 Å². The molecule has 2 aromatic rings. The van der Waals surface area contributed by atoms with Gasteiger partial charge < -0.3 is 4.74 Å². The number of alkyl halides is 2. The van der Waals surface area contributed by atoms with Crippen LogP contribution >= 0.6 is 15.9 Å². The zero-order valence-corrected chi connectivity index (χ0v) is 16.6. The van der Waals surface area contributed by atoms with Crippen LogP contribution in [0.2, 0.25) is 0 Å². The van der Waals surface area contributed by atoms with Crippen molar-refractivity contribution in [2.24, 2.45) is 4.99 Å². The molecule has 150 valence electrons.